The van der Waals surface area contributed by atoms with Crippen LogP contribution in [0.3, 0.4) is 0 Å². The lowest BCUT2D eigenvalue weighted by Gasteiger charge is -2.16. The molecule has 0 rings (SSSR count). The summed E-state index contributed by atoms with van der Waals surface area (Å²) in [6.45, 7) is 3.85. The van der Waals surface area contributed by atoms with Crippen molar-refractivity contribution in [2.45, 2.75) is 26.3 Å². The summed E-state index contributed by atoms with van der Waals surface area (Å²) in [7, 11) is 3.31. The van der Waals surface area contributed by atoms with E-state index in [2.05, 4.69) is 5.32 Å². The standard InChI is InChI=1S/C6H15NO2.BrH/c1-5(8-3)7-6(2)9-4;/h5-7H,1-4H3;1H. The Morgan fingerprint density at radius 3 is 1.50 bits per heavy atom. The average Bonchev–Trinajstić information content (AvgIpc) is 1.87. The highest BCUT2D eigenvalue weighted by Crippen LogP contribution is 1.86. The maximum atomic E-state index is 4.93. The number of ether oxygens (including phenoxy) is 2. The third kappa shape index (κ3) is 6.48. The largest absolute Gasteiger partial charge is 0.367 e. The summed E-state index contributed by atoms with van der Waals surface area (Å²) in [6.07, 6.45) is 0.111. The van der Waals surface area contributed by atoms with E-state index in [1.165, 1.54) is 0 Å². The molecule has 2 unspecified atom stereocenters. The Kier molecular flexibility index (Phi) is 9.70. The molecule has 0 amide bonds. The first kappa shape index (κ1) is 13.0. The Bertz CT molecular complexity index is 64.8. The van der Waals surface area contributed by atoms with Crippen LogP contribution in [-0.2, 0) is 9.47 Å². The summed E-state index contributed by atoms with van der Waals surface area (Å²) in [4.78, 5) is 0. The lowest BCUT2D eigenvalue weighted by Crippen LogP contribution is -2.36. The van der Waals surface area contributed by atoms with E-state index in [0.717, 1.165) is 0 Å². The smallest absolute Gasteiger partial charge is 0.106 e. The lowest BCUT2D eigenvalue weighted by atomic mass is 10.5. The number of rotatable bonds is 4. The second-order valence-electron chi connectivity index (χ2n) is 1.92. The van der Waals surface area contributed by atoms with Crippen LogP contribution in [0.4, 0.5) is 0 Å². The number of methoxy groups -OCH3 is 2. The van der Waals surface area contributed by atoms with Gasteiger partial charge in [-0.3, -0.25) is 5.32 Å². The van der Waals surface area contributed by atoms with Crippen molar-refractivity contribution in [1.82, 2.24) is 5.32 Å². The maximum Gasteiger partial charge on any atom is 0.106 e. The molecule has 64 valence electrons. The van der Waals surface area contributed by atoms with Gasteiger partial charge in [-0.25, -0.2) is 0 Å². The lowest BCUT2D eigenvalue weighted by molar-refractivity contribution is 0.00787. The third-order valence-corrected chi connectivity index (χ3v) is 1.18. The minimum atomic E-state index is 0. The fourth-order valence-electron chi connectivity index (χ4n) is 0.467. The monoisotopic (exact) mass is 213 g/mol. The molecule has 1 N–H and O–H groups in total. The zero-order chi connectivity index (χ0) is 7.28. The molecule has 0 aliphatic carbocycles. The van der Waals surface area contributed by atoms with Gasteiger partial charge in [0.15, 0.2) is 0 Å². The molecular weight excluding hydrogens is 198 g/mol. The van der Waals surface area contributed by atoms with Gasteiger partial charge in [0.05, 0.1) is 0 Å². The molecule has 0 aromatic carbocycles. The topological polar surface area (TPSA) is 30.5 Å². The van der Waals surface area contributed by atoms with Gasteiger partial charge in [0, 0.05) is 14.2 Å². The van der Waals surface area contributed by atoms with Gasteiger partial charge in [0.2, 0.25) is 0 Å². The first-order chi connectivity index (χ1) is 4.20. The van der Waals surface area contributed by atoms with Crippen LogP contribution in [0.1, 0.15) is 13.8 Å². The van der Waals surface area contributed by atoms with Gasteiger partial charge in [0.1, 0.15) is 12.5 Å². The van der Waals surface area contributed by atoms with Crippen LogP contribution < -0.4 is 5.32 Å². The van der Waals surface area contributed by atoms with Gasteiger partial charge >= 0.3 is 0 Å². The van der Waals surface area contributed by atoms with Gasteiger partial charge < -0.3 is 9.47 Å². The Morgan fingerprint density at radius 2 is 1.30 bits per heavy atom. The van der Waals surface area contributed by atoms with Crippen LogP contribution in [0, 0.1) is 0 Å². The molecule has 0 saturated carbocycles. The Balaban J connectivity index is 0. The van der Waals surface area contributed by atoms with Gasteiger partial charge in [-0.2, -0.15) is 0 Å². The zero-order valence-corrected chi connectivity index (χ0v) is 8.59. The van der Waals surface area contributed by atoms with Crippen molar-refractivity contribution in [3.8, 4) is 0 Å². The van der Waals surface area contributed by atoms with Crippen molar-refractivity contribution in [3.05, 3.63) is 0 Å². The van der Waals surface area contributed by atoms with Crippen molar-refractivity contribution in [2.24, 2.45) is 0 Å². The van der Waals surface area contributed by atoms with Crippen LogP contribution >= 0.6 is 17.0 Å². The minimum Gasteiger partial charge on any atom is -0.367 e. The highest BCUT2D eigenvalue weighted by atomic mass is 79.9. The number of nitrogens with one attached hydrogen (secondary N) is 1. The van der Waals surface area contributed by atoms with Crippen LogP contribution in [0.25, 0.3) is 0 Å². The molecule has 0 spiro atoms. The molecule has 2 atom stereocenters. The molecular formula is C6H16BrNO2. The second kappa shape index (κ2) is 7.47. The molecule has 0 bridgehead atoms. The molecule has 0 aliphatic heterocycles. The molecule has 0 aliphatic rings. The molecule has 0 fully saturated rings. The Morgan fingerprint density at radius 1 is 1.00 bits per heavy atom. The van der Waals surface area contributed by atoms with E-state index in [9.17, 15) is 0 Å². The molecule has 3 nitrogen and oxygen atoms in total. The maximum absolute atomic E-state index is 4.93. The third-order valence-electron chi connectivity index (χ3n) is 1.18. The van der Waals surface area contributed by atoms with E-state index in [-0.39, 0.29) is 29.4 Å². The van der Waals surface area contributed by atoms with Crippen molar-refractivity contribution < 1.29 is 9.47 Å². The molecule has 0 heterocycles. The average molecular weight is 214 g/mol. The minimum absolute atomic E-state index is 0. The number of halogens is 1. The Hall–Kier alpha value is 0.360. The molecule has 0 aromatic rings. The fraction of sp³-hybridized carbons (Fsp3) is 1.00. The normalized spacial score (nSPS) is 15.6. The molecule has 0 radical (unpaired) electrons. The van der Waals surface area contributed by atoms with Gasteiger partial charge in [-0.15, -0.1) is 17.0 Å². The van der Waals surface area contributed by atoms with E-state index in [0.29, 0.717) is 0 Å². The summed E-state index contributed by atoms with van der Waals surface area (Å²) < 4.78 is 9.86. The molecule has 4 heteroatoms. The van der Waals surface area contributed by atoms with E-state index in [4.69, 9.17) is 9.47 Å². The number of hydrogen-bond acceptors (Lipinski definition) is 3. The van der Waals surface area contributed by atoms with Gasteiger partial charge in [-0.05, 0) is 13.8 Å². The summed E-state index contributed by atoms with van der Waals surface area (Å²) in [6, 6.07) is 0. The van der Waals surface area contributed by atoms with Crippen molar-refractivity contribution in [2.75, 3.05) is 14.2 Å². The summed E-state index contributed by atoms with van der Waals surface area (Å²) in [5.41, 5.74) is 0. The summed E-state index contributed by atoms with van der Waals surface area (Å²) in [5, 5.41) is 3.03. The van der Waals surface area contributed by atoms with Crippen LogP contribution in [0.5, 0.6) is 0 Å². The van der Waals surface area contributed by atoms with Crippen molar-refractivity contribution in [1.29, 1.82) is 0 Å². The summed E-state index contributed by atoms with van der Waals surface area (Å²) in [5.74, 6) is 0. The quantitative estimate of drug-likeness (QED) is 0.712. The Labute approximate surface area is 72.9 Å². The van der Waals surface area contributed by atoms with Crippen LogP contribution in [-0.4, -0.2) is 26.7 Å². The SMILES string of the molecule is Br.COC(C)NC(C)OC. The fourth-order valence-corrected chi connectivity index (χ4v) is 0.467. The van der Waals surface area contributed by atoms with E-state index in [1.54, 1.807) is 14.2 Å². The highest BCUT2D eigenvalue weighted by molar-refractivity contribution is 8.93. The van der Waals surface area contributed by atoms with Crippen LogP contribution in [0.15, 0.2) is 0 Å². The van der Waals surface area contributed by atoms with E-state index < -0.39 is 0 Å². The van der Waals surface area contributed by atoms with E-state index in [1.807, 2.05) is 13.8 Å². The van der Waals surface area contributed by atoms with Crippen molar-refractivity contribution in [3.63, 3.8) is 0 Å². The first-order valence-electron chi connectivity index (χ1n) is 3.02. The molecule has 0 aromatic heterocycles. The van der Waals surface area contributed by atoms with Gasteiger partial charge in [-0.1, -0.05) is 0 Å². The first-order valence-corrected chi connectivity index (χ1v) is 3.02. The predicted molar refractivity (Wildman–Crippen MR) is 46.4 cm³/mol. The predicted octanol–water partition coefficient (Wildman–Crippen LogP) is 1.14. The van der Waals surface area contributed by atoms with Crippen molar-refractivity contribution >= 4 is 17.0 Å². The molecule has 0 saturated heterocycles. The zero-order valence-electron chi connectivity index (χ0n) is 6.88. The second-order valence-corrected chi connectivity index (χ2v) is 1.92. The number of hydrogen-bond donors (Lipinski definition) is 1. The highest BCUT2D eigenvalue weighted by Gasteiger charge is 2.01. The van der Waals surface area contributed by atoms with Gasteiger partial charge in [0.25, 0.3) is 0 Å². The van der Waals surface area contributed by atoms with Crippen LogP contribution in [0.2, 0.25) is 0 Å². The summed E-state index contributed by atoms with van der Waals surface area (Å²) >= 11 is 0. The van der Waals surface area contributed by atoms with E-state index >= 15 is 0 Å². The molecule has 10 heavy (non-hydrogen) atoms.